The molecular weight excluding hydrogens is 290 g/mol. The van der Waals surface area contributed by atoms with Gasteiger partial charge in [0, 0.05) is 26.1 Å². The van der Waals surface area contributed by atoms with Gasteiger partial charge in [-0.1, -0.05) is 6.92 Å². The second-order valence-corrected chi connectivity index (χ2v) is 6.25. The Hall–Kier alpha value is -1.56. The normalized spacial score (nSPS) is 20.2. The minimum absolute atomic E-state index is 0.121. The van der Waals surface area contributed by atoms with Gasteiger partial charge in [0.15, 0.2) is 5.65 Å². The number of hydrogen-bond acceptors (Lipinski definition) is 3. The van der Waals surface area contributed by atoms with Crippen molar-refractivity contribution < 1.29 is 4.79 Å². The molecule has 1 N–H and O–H groups in total. The largest absolute Gasteiger partial charge is 0.352 e. The van der Waals surface area contributed by atoms with Crippen molar-refractivity contribution in [1.29, 1.82) is 0 Å². The average molecular weight is 310 g/mol. The van der Waals surface area contributed by atoms with E-state index in [1.165, 1.54) is 0 Å². The average Bonchev–Trinajstić information content (AvgIpc) is 3.07. The Morgan fingerprint density at radius 2 is 2.29 bits per heavy atom. The number of nitrogens with one attached hydrogen (secondary N) is 1. The number of alkyl halides is 1. The van der Waals surface area contributed by atoms with Gasteiger partial charge in [-0.25, -0.2) is 4.98 Å². The Labute approximate surface area is 128 Å². The molecule has 0 saturated carbocycles. The summed E-state index contributed by atoms with van der Waals surface area (Å²) < 4.78 is 3.97. The molecule has 1 saturated heterocycles. The van der Waals surface area contributed by atoms with Gasteiger partial charge >= 0.3 is 0 Å². The summed E-state index contributed by atoms with van der Waals surface area (Å²) in [6.45, 7) is 4.69. The number of carbonyl (C=O) groups excluding carboxylic acids is 1. The van der Waals surface area contributed by atoms with Gasteiger partial charge in [-0.05, 0) is 19.8 Å². The number of carbonyl (C=O) groups is 1. The predicted molar refractivity (Wildman–Crippen MR) is 81.3 cm³/mol. The highest BCUT2D eigenvalue weighted by molar-refractivity contribution is 6.20. The fourth-order valence-corrected chi connectivity index (χ4v) is 3.18. The van der Waals surface area contributed by atoms with E-state index in [-0.39, 0.29) is 17.3 Å². The van der Waals surface area contributed by atoms with Crippen molar-refractivity contribution in [3.05, 3.63) is 11.5 Å². The van der Waals surface area contributed by atoms with Crippen molar-refractivity contribution in [3.63, 3.8) is 0 Å². The van der Waals surface area contributed by atoms with Gasteiger partial charge < -0.3 is 9.88 Å². The first kappa shape index (κ1) is 14.4. The van der Waals surface area contributed by atoms with Crippen LogP contribution in [-0.2, 0) is 24.8 Å². The van der Waals surface area contributed by atoms with E-state index in [9.17, 15) is 4.79 Å². The molecule has 7 heteroatoms. The van der Waals surface area contributed by atoms with Gasteiger partial charge in [-0.15, -0.1) is 11.6 Å². The summed E-state index contributed by atoms with van der Waals surface area (Å²) in [5.41, 5.74) is 2.89. The molecule has 1 amide bonds. The number of halogens is 1. The Bertz CT molecular complexity index is 687. The lowest BCUT2D eigenvalue weighted by Gasteiger charge is -2.15. The number of hydrogen-bond donors (Lipinski definition) is 1. The number of rotatable bonds is 4. The topological polar surface area (TPSA) is 64.7 Å². The van der Waals surface area contributed by atoms with Gasteiger partial charge in [0.05, 0.1) is 11.1 Å². The van der Waals surface area contributed by atoms with Crippen LogP contribution in [0.1, 0.15) is 43.6 Å². The molecule has 0 bridgehead atoms. The van der Waals surface area contributed by atoms with E-state index < -0.39 is 0 Å². The van der Waals surface area contributed by atoms with E-state index in [0.29, 0.717) is 13.0 Å². The van der Waals surface area contributed by atoms with Gasteiger partial charge in [0.2, 0.25) is 5.91 Å². The zero-order chi connectivity index (χ0) is 15.1. The number of aryl methyl sites for hydroxylation is 2. The zero-order valence-electron chi connectivity index (χ0n) is 12.6. The van der Waals surface area contributed by atoms with E-state index >= 15 is 0 Å². The summed E-state index contributed by atoms with van der Waals surface area (Å²) in [4.78, 5) is 16.1. The third-order valence-electron chi connectivity index (χ3n) is 4.00. The van der Waals surface area contributed by atoms with Crippen LogP contribution >= 0.6 is 11.6 Å². The van der Waals surface area contributed by atoms with Gasteiger partial charge in [0.1, 0.15) is 11.3 Å². The van der Waals surface area contributed by atoms with Crippen LogP contribution in [-0.4, -0.2) is 31.3 Å². The lowest BCUT2D eigenvalue weighted by molar-refractivity contribution is -0.119. The molecule has 2 atom stereocenters. The van der Waals surface area contributed by atoms with E-state index in [1.807, 2.05) is 18.7 Å². The first-order valence-corrected chi connectivity index (χ1v) is 7.80. The minimum atomic E-state index is -0.181. The van der Waals surface area contributed by atoms with Gasteiger partial charge in [-0.2, -0.15) is 5.10 Å². The van der Waals surface area contributed by atoms with Crippen LogP contribution < -0.4 is 5.32 Å². The zero-order valence-corrected chi connectivity index (χ0v) is 13.3. The lowest BCUT2D eigenvalue weighted by Crippen LogP contribution is -2.30. The SMILES string of the molecule is CCc1nn(C)c2c1nc(C(C)Cl)n2CC1CCC(=O)N1. The molecule has 2 unspecified atom stereocenters. The third-order valence-corrected chi connectivity index (χ3v) is 4.19. The molecule has 6 nitrogen and oxygen atoms in total. The molecule has 21 heavy (non-hydrogen) atoms. The molecule has 0 spiro atoms. The number of fused-ring (bicyclic) bond motifs is 1. The highest BCUT2D eigenvalue weighted by Gasteiger charge is 2.26. The number of amides is 1. The maximum atomic E-state index is 11.4. The summed E-state index contributed by atoms with van der Waals surface area (Å²) in [6.07, 6.45) is 2.29. The molecular formula is C14H20ClN5O. The van der Waals surface area contributed by atoms with Crippen LogP contribution in [0.2, 0.25) is 0 Å². The second-order valence-electron chi connectivity index (χ2n) is 5.60. The van der Waals surface area contributed by atoms with E-state index in [4.69, 9.17) is 16.6 Å². The van der Waals surface area contributed by atoms with Crippen LogP contribution in [0, 0.1) is 0 Å². The first-order valence-electron chi connectivity index (χ1n) is 7.36. The number of nitrogens with zero attached hydrogens (tertiary/aromatic N) is 4. The van der Waals surface area contributed by atoms with Gasteiger partial charge in [0.25, 0.3) is 0 Å². The Morgan fingerprint density at radius 3 is 2.86 bits per heavy atom. The Kier molecular flexibility index (Phi) is 3.65. The summed E-state index contributed by atoms with van der Waals surface area (Å²) in [6, 6.07) is 0.143. The molecule has 114 valence electrons. The summed E-state index contributed by atoms with van der Waals surface area (Å²) >= 11 is 6.30. The fraction of sp³-hybridized carbons (Fsp3) is 0.643. The highest BCUT2D eigenvalue weighted by atomic mass is 35.5. The van der Waals surface area contributed by atoms with Crippen molar-refractivity contribution in [2.45, 2.75) is 51.1 Å². The predicted octanol–water partition coefficient (Wildman–Crippen LogP) is 1.91. The van der Waals surface area contributed by atoms with Gasteiger partial charge in [-0.3, -0.25) is 9.48 Å². The molecule has 1 aliphatic heterocycles. The first-order chi connectivity index (χ1) is 10.0. The number of imidazole rings is 1. The minimum Gasteiger partial charge on any atom is -0.352 e. The maximum Gasteiger partial charge on any atom is 0.220 e. The van der Waals surface area contributed by atoms with Crippen LogP contribution in [0.15, 0.2) is 0 Å². The quantitative estimate of drug-likeness (QED) is 0.877. The van der Waals surface area contributed by atoms with Crippen molar-refractivity contribution >= 4 is 28.7 Å². The lowest BCUT2D eigenvalue weighted by atomic mass is 10.2. The molecule has 3 rings (SSSR count). The summed E-state index contributed by atoms with van der Waals surface area (Å²) in [5.74, 6) is 0.964. The molecule has 1 aliphatic rings. The van der Waals surface area contributed by atoms with E-state index in [1.54, 1.807) is 0 Å². The summed E-state index contributed by atoms with van der Waals surface area (Å²) in [7, 11) is 1.93. The van der Waals surface area contributed by atoms with Crippen molar-refractivity contribution in [3.8, 4) is 0 Å². The van der Waals surface area contributed by atoms with Crippen molar-refractivity contribution in [2.75, 3.05) is 0 Å². The molecule has 3 heterocycles. The number of aromatic nitrogens is 4. The van der Waals surface area contributed by atoms with Crippen molar-refractivity contribution in [1.82, 2.24) is 24.6 Å². The third kappa shape index (κ3) is 2.41. The van der Waals surface area contributed by atoms with E-state index in [2.05, 4.69) is 21.9 Å². The Morgan fingerprint density at radius 1 is 1.52 bits per heavy atom. The summed E-state index contributed by atoms with van der Waals surface area (Å²) in [5, 5.41) is 7.34. The van der Waals surface area contributed by atoms with Crippen LogP contribution in [0.25, 0.3) is 11.2 Å². The molecule has 0 aliphatic carbocycles. The fourth-order valence-electron chi connectivity index (χ4n) is 3.02. The van der Waals surface area contributed by atoms with Crippen LogP contribution in [0.4, 0.5) is 0 Å². The monoisotopic (exact) mass is 309 g/mol. The molecule has 2 aromatic rings. The molecule has 0 radical (unpaired) electrons. The molecule has 1 fully saturated rings. The highest BCUT2D eigenvalue weighted by Crippen LogP contribution is 2.27. The molecule has 0 aromatic carbocycles. The second kappa shape index (κ2) is 5.33. The standard InChI is InChI=1S/C14H20ClN5O/c1-4-10-12-14(19(3)18-10)20(13(17-12)8(2)15)7-9-5-6-11(21)16-9/h8-9H,4-7H2,1-3H3,(H,16,21). The maximum absolute atomic E-state index is 11.4. The van der Waals surface area contributed by atoms with Crippen molar-refractivity contribution in [2.24, 2.45) is 7.05 Å². The van der Waals surface area contributed by atoms with Crippen LogP contribution in [0.5, 0.6) is 0 Å². The Balaban J connectivity index is 2.07. The smallest absolute Gasteiger partial charge is 0.220 e. The molecule has 2 aromatic heterocycles. The van der Waals surface area contributed by atoms with E-state index in [0.717, 1.165) is 35.5 Å². The van der Waals surface area contributed by atoms with Crippen LogP contribution in [0.3, 0.4) is 0 Å².